The van der Waals surface area contributed by atoms with E-state index >= 15 is 0 Å². The van der Waals surface area contributed by atoms with E-state index in [1.165, 1.54) is 257 Å². The zero-order valence-electron chi connectivity index (χ0n) is 78.8. The zero-order valence-corrected chi connectivity index (χ0v) is 79.8. The van der Waals surface area contributed by atoms with Crippen molar-refractivity contribution in [1.29, 1.82) is 0 Å². The minimum absolute atomic E-state index is 0.0118. The van der Waals surface area contributed by atoms with Crippen LogP contribution in [0, 0.1) is 0 Å². The van der Waals surface area contributed by atoms with Crippen molar-refractivity contribution < 1.29 is 8.83 Å². The Balaban J connectivity index is 0.0000000863. The first-order valence-electron chi connectivity index (χ1n) is 49.5. The highest BCUT2D eigenvalue weighted by Crippen LogP contribution is 2.61. The van der Waals surface area contributed by atoms with Crippen LogP contribution < -0.4 is 10.4 Å². The molecule has 0 saturated carbocycles. The third kappa shape index (κ3) is 10.1. The number of nitrogens with zero attached hydrogens (tertiary/aromatic N) is 2. The lowest BCUT2D eigenvalue weighted by molar-refractivity contribution is 0.646. The van der Waals surface area contributed by atoms with Crippen LogP contribution in [-0.4, -0.2) is 17.2 Å². The Hall–Kier alpha value is -16.7. The number of aromatic nitrogens is 2. The number of fused-ring (bicyclic) bond motifs is 30. The lowest BCUT2D eigenvalue weighted by Gasteiger charge is -2.36. The Labute approximate surface area is 807 Å². The van der Waals surface area contributed by atoms with E-state index < -0.39 is 8.07 Å². The third-order valence-electron chi connectivity index (χ3n) is 33.7. The Morgan fingerprint density at radius 2 is 0.643 bits per heavy atom. The molecule has 0 spiro atoms. The number of furan rings is 2. The van der Waals surface area contributed by atoms with Crippen LogP contribution in [0.1, 0.15) is 74.9 Å². The van der Waals surface area contributed by atoms with Crippen molar-refractivity contribution in [3.05, 3.63) is 434 Å². The SMILES string of the molecule is CC1(C)c2ccccc2-c2cc3ccc4ccc5c6c(cc(c21)c3c46)[Si](C)(C)c1ccccc1-5.CC1(C)c2ccccc2-c2cc3ccc4cccc5c4c3c(c21)c1c2ccccc2n(-c2ccccc2)c51.CC1(C)c2ccccc2-c2ccc3ccc4c5c(cc1c2c35)cc1c2ccccc2n(-c2ccccc2)c14.c1ccc2c(c1)oc1c2cc2c3c4ccccc4oc3c3cccc4ccc1c2c43. The van der Waals surface area contributed by atoms with Gasteiger partial charge in [-0.2, -0.15) is 0 Å². The Bertz CT molecular complexity index is 10700. The highest BCUT2D eigenvalue weighted by atomic mass is 28.3. The van der Waals surface area contributed by atoms with E-state index in [9.17, 15) is 0 Å². The molecule has 26 aromatic carbocycles. The van der Waals surface area contributed by atoms with E-state index in [0.717, 1.165) is 49.3 Å². The third-order valence-corrected chi connectivity index (χ3v) is 37.2. The van der Waals surface area contributed by atoms with Gasteiger partial charge < -0.3 is 18.0 Å². The van der Waals surface area contributed by atoms with Crippen LogP contribution in [0.2, 0.25) is 13.1 Å². The molecule has 4 aromatic heterocycles. The van der Waals surface area contributed by atoms with Crippen molar-refractivity contribution in [3.8, 4) is 55.9 Å². The van der Waals surface area contributed by atoms with Gasteiger partial charge in [0, 0.05) is 103 Å². The van der Waals surface area contributed by atoms with Gasteiger partial charge in [-0.05, 0) is 270 Å². The summed E-state index contributed by atoms with van der Waals surface area (Å²) < 4.78 is 17.8. The minimum Gasteiger partial charge on any atom is -0.455 e. The molecule has 4 aliphatic rings. The highest BCUT2D eigenvalue weighted by Gasteiger charge is 2.44. The number of hydrogen-bond donors (Lipinski definition) is 0. The maximum Gasteiger partial charge on any atom is 0.143 e. The summed E-state index contributed by atoms with van der Waals surface area (Å²) in [5.74, 6) is 0. The lowest BCUT2D eigenvalue weighted by atomic mass is 9.67. The molecule has 0 fully saturated rings. The van der Waals surface area contributed by atoms with Crippen LogP contribution in [-0.2, 0) is 16.2 Å². The molecule has 3 aliphatic carbocycles. The van der Waals surface area contributed by atoms with E-state index in [0.29, 0.717) is 0 Å². The molecule has 140 heavy (non-hydrogen) atoms. The van der Waals surface area contributed by atoms with Gasteiger partial charge in [0.2, 0.25) is 0 Å². The maximum atomic E-state index is 6.43. The quantitative estimate of drug-likeness (QED) is 0.128. The summed E-state index contributed by atoms with van der Waals surface area (Å²) in [5.41, 5.74) is 31.0. The van der Waals surface area contributed by atoms with E-state index in [1.54, 1.807) is 10.4 Å². The molecular formula is C135H90N2O2Si. The largest absolute Gasteiger partial charge is 0.455 e. The molecule has 1 aliphatic heterocycles. The van der Waals surface area contributed by atoms with Crippen molar-refractivity contribution in [3.63, 3.8) is 0 Å². The second-order valence-electron chi connectivity index (χ2n) is 42.1. The normalized spacial score (nSPS) is 14.5. The molecule has 0 unspecified atom stereocenters. The van der Waals surface area contributed by atoms with Gasteiger partial charge in [-0.3, -0.25) is 0 Å². The molecule has 0 atom stereocenters. The molecule has 0 bridgehead atoms. The molecule has 5 heterocycles. The number of hydrogen-bond acceptors (Lipinski definition) is 2. The summed E-state index contributed by atoms with van der Waals surface area (Å²) in [6.07, 6.45) is 0. The van der Waals surface area contributed by atoms with Gasteiger partial charge >= 0.3 is 0 Å². The van der Waals surface area contributed by atoms with Crippen LogP contribution in [0.25, 0.3) is 273 Å². The predicted molar refractivity (Wildman–Crippen MR) is 599 cm³/mol. The number of para-hydroxylation sites is 6. The molecule has 34 rings (SSSR count). The molecule has 656 valence electrons. The van der Waals surface area contributed by atoms with Crippen molar-refractivity contribution in [1.82, 2.24) is 9.13 Å². The molecule has 4 nitrogen and oxygen atoms in total. The fourth-order valence-electron chi connectivity index (χ4n) is 27.7. The average Bonchev–Trinajstić information content (AvgIpc) is 1.40. The molecule has 0 amide bonds. The summed E-state index contributed by atoms with van der Waals surface area (Å²) in [6.45, 7) is 19.6. The van der Waals surface area contributed by atoms with Crippen molar-refractivity contribution in [2.75, 3.05) is 0 Å². The first-order chi connectivity index (χ1) is 68.5. The second kappa shape index (κ2) is 27.6. The molecular weight excluding hydrogens is 1710 g/mol. The fourth-order valence-corrected chi connectivity index (χ4v) is 30.8. The molecule has 30 aromatic rings. The van der Waals surface area contributed by atoms with Gasteiger partial charge in [0.25, 0.3) is 0 Å². The standard InChI is InChI=1S/2C37H25N.C33H26Si.C28H14O2/c1-37(2)29-17-8-6-14-25(29)28-21-23-20-19-22-11-10-16-27-31(22)32(23)34(35(28)37)33-26-15-7-9-18-30(26)38(36(27)33)24-12-4-3-5-13-24;1-37(2)30-14-8-6-12-25(30)27-18-16-22-17-19-28-33-23(21-31(37)35(27)34(22)33)20-29-26-13-7-9-15-32(26)38(36(28)29)24-10-4-3-5-11-24;1-33(2)26-11-7-5-9-21(26)24-17-20-14-13-19-15-16-23-22-10-6-8-12-27(22)34(3,4)28-18-25(32(24)33)29(20)30(19)31(23)28;1-3-10-22-16(7-1)20-14-21-25-19(27(20)29-22)13-12-15-6-5-9-18(24(15)25)28-26(21)17-8-2-4-11-23(17)30-28/h2*3-21H,1-2H3;5-18H,1-4H3;1-14H. The lowest BCUT2D eigenvalue weighted by Crippen LogP contribution is -2.55. The van der Waals surface area contributed by atoms with Gasteiger partial charge in [0.05, 0.1) is 22.1 Å². The van der Waals surface area contributed by atoms with Gasteiger partial charge in [-0.1, -0.05) is 370 Å². The molecule has 5 heteroatoms. The van der Waals surface area contributed by atoms with Gasteiger partial charge in [-0.15, -0.1) is 0 Å². The monoisotopic (exact) mass is 1800 g/mol. The summed E-state index contributed by atoms with van der Waals surface area (Å²) in [7, 11) is -1.88. The summed E-state index contributed by atoms with van der Waals surface area (Å²) in [6, 6.07) is 148. The van der Waals surface area contributed by atoms with E-state index in [1.807, 2.05) is 18.2 Å². The summed E-state index contributed by atoms with van der Waals surface area (Å²) in [4.78, 5) is 0. The first kappa shape index (κ1) is 78.5. The zero-order chi connectivity index (χ0) is 92.7. The smallest absolute Gasteiger partial charge is 0.143 e. The van der Waals surface area contributed by atoms with Crippen LogP contribution in [0.5, 0.6) is 0 Å². The predicted octanol–water partition coefficient (Wildman–Crippen LogP) is 36.1. The number of rotatable bonds is 2. The molecule has 0 N–H and O–H groups in total. The van der Waals surface area contributed by atoms with E-state index in [2.05, 4.69) is 446 Å². The van der Waals surface area contributed by atoms with Crippen LogP contribution in [0.4, 0.5) is 0 Å². The summed E-state index contributed by atoms with van der Waals surface area (Å²) in [5, 5.41) is 45.4. The van der Waals surface area contributed by atoms with Gasteiger partial charge in [0.15, 0.2) is 0 Å². The maximum absolute atomic E-state index is 6.43. The Kier molecular flexibility index (Phi) is 15.5. The summed E-state index contributed by atoms with van der Waals surface area (Å²) >= 11 is 0. The van der Waals surface area contributed by atoms with E-state index in [4.69, 9.17) is 8.83 Å². The minimum atomic E-state index is -1.88. The van der Waals surface area contributed by atoms with Crippen molar-refractivity contribution >= 4 is 235 Å². The second-order valence-corrected chi connectivity index (χ2v) is 46.5. The molecule has 0 saturated heterocycles. The van der Waals surface area contributed by atoms with Crippen LogP contribution >= 0.6 is 0 Å². The van der Waals surface area contributed by atoms with Gasteiger partial charge in [0.1, 0.15) is 30.4 Å². The highest BCUT2D eigenvalue weighted by molar-refractivity contribution is 7.03. The van der Waals surface area contributed by atoms with E-state index in [-0.39, 0.29) is 16.2 Å². The van der Waals surface area contributed by atoms with Crippen LogP contribution in [0.15, 0.2) is 409 Å². The van der Waals surface area contributed by atoms with Crippen LogP contribution in [0.3, 0.4) is 0 Å². The fraction of sp³-hybridized carbons (Fsp3) is 0.0815. The Morgan fingerprint density at radius 3 is 1.33 bits per heavy atom. The first-order valence-corrected chi connectivity index (χ1v) is 52.5. The van der Waals surface area contributed by atoms with Gasteiger partial charge in [-0.25, -0.2) is 0 Å². The average molecular weight is 1800 g/mol. The topological polar surface area (TPSA) is 36.1 Å². The molecule has 0 radical (unpaired) electrons. The Morgan fingerprint density at radius 1 is 0.200 bits per heavy atom. The van der Waals surface area contributed by atoms with Crippen molar-refractivity contribution in [2.24, 2.45) is 0 Å². The number of benzene rings is 26. The van der Waals surface area contributed by atoms with Crippen molar-refractivity contribution in [2.45, 2.75) is 70.9 Å².